The molecule has 0 spiro atoms. The number of rotatable bonds is 1. The third kappa shape index (κ3) is 1.45. The Kier molecular flexibility index (Phi) is 2.03. The van der Waals surface area contributed by atoms with Gasteiger partial charge in [-0.15, -0.1) is 0 Å². The highest BCUT2D eigenvalue weighted by Crippen LogP contribution is 2.22. The molecule has 1 aliphatic rings. The fourth-order valence-electron chi connectivity index (χ4n) is 1.89. The van der Waals surface area contributed by atoms with E-state index in [1.54, 1.807) is 6.33 Å². The molecule has 0 aromatic carbocycles. The number of H-pyrrole nitrogens is 1. The van der Waals surface area contributed by atoms with E-state index in [4.69, 9.17) is 4.74 Å². The van der Waals surface area contributed by atoms with Crippen LogP contribution in [0, 0.1) is 0 Å². The molecule has 0 atom stereocenters. The molecule has 1 N–H and O–H groups in total. The first kappa shape index (κ1) is 8.67. The van der Waals surface area contributed by atoms with Gasteiger partial charge < -0.3 is 14.6 Å². The van der Waals surface area contributed by atoms with Crippen LogP contribution >= 0.6 is 0 Å². The van der Waals surface area contributed by atoms with Gasteiger partial charge in [-0.05, 0) is 6.07 Å². The molecule has 3 heterocycles. The molecule has 0 amide bonds. The van der Waals surface area contributed by atoms with Crippen LogP contribution in [0.25, 0.3) is 11.0 Å². The summed E-state index contributed by atoms with van der Waals surface area (Å²) in [4.78, 5) is 13.8. The smallest absolute Gasteiger partial charge is 0.142 e. The first-order valence-corrected chi connectivity index (χ1v) is 5.06. The second kappa shape index (κ2) is 3.51. The van der Waals surface area contributed by atoms with Gasteiger partial charge in [-0.25, -0.2) is 9.97 Å². The van der Waals surface area contributed by atoms with Crippen LogP contribution in [-0.4, -0.2) is 41.3 Å². The first-order valence-electron chi connectivity index (χ1n) is 5.06. The van der Waals surface area contributed by atoms with Crippen molar-refractivity contribution in [2.24, 2.45) is 0 Å². The maximum atomic E-state index is 5.32. The quantitative estimate of drug-likeness (QED) is 0.746. The minimum absolute atomic E-state index is 0.774. The van der Waals surface area contributed by atoms with Gasteiger partial charge in [-0.2, -0.15) is 0 Å². The summed E-state index contributed by atoms with van der Waals surface area (Å²) >= 11 is 0. The predicted molar refractivity (Wildman–Crippen MR) is 56.9 cm³/mol. The lowest BCUT2D eigenvalue weighted by molar-refractivity contribution is 0.122. The minimum atomic E-state index is 0.774. The van der Waals surface area contributed by atoms with Gasteiger partial charge in [-0.1, -0.05) is 0 Å². The summed E-state index contributed by atoms with van der Waals surface area (Å²) < 4.78 is 5.32. The number of fused-ring (bicyclic) bond motifs is 1. The molecule has 2 aromatic heterocycles. The SMILES string of the molecule is c1nc(N2CCOCC2)c2cc[nH]c2n1. The molecule has 1 saturated heterocycles. The largest absolute Gasteiger partial charge is 0.378 e. The Morgan fingerprint density at radius 2 is 2.13 bits per heavy atom. The summed E-state index contributed by atoms with van der Waals surface area (Å²) in [7, 11) is 0. The molecule has 0 bridgehead atoms. The van der Waals surface area contributed by atoms with E-state index in [0.29, 0.717) is 0 Å². The number of aromatic nitrogens is 3. The van der Waals surface area contributed by atoms with E-state index in [2.05, 4.69) is 19.9 Å². The Balaban J connectivity index is 2.05. The standard InChI is InChI=1S/C10H12N4O/c1-2-11-9-8(1)10(13-7-12-9)14-3-5-15-6-4-14/h1-2,7H,3-6H2,(H,11,12,13). The minimum Gasteiger partial charge on any atom is -0.378 e. The van der Waals surface area contributed by atoms with Crippen LogP contribution < -0.4 is 4.90 Å². The van der Waals surface area contributed by atoms with E-state index in [1.165, 1.54) is 0 Å². The van der Waals surface area contributed by atoms with Crippen molar-refractivity contribution in [1.29, 1.82) is 0 Å². The Morgan fingerprint density at radius 1 is 1.27 bits per heavy atom. The molecular weight excluding hydrogens is 192 g/mol. The van der Waals surface area contributed by atoms with Crippen molar-refractivity contribution in [2.45, 2.75) is 0 Å². The Bertz CT molecular complexity index is 461. The van der Waals surface area contributed by atoms with E-state index in [0.717, 1.165) is 43.2 Å². The van der Waals surface area contributed by atoms with Gasteiger partial charge in [0.1, 0.15) is 17.8 Å². The third-order valence-electron chi connectivity index (χ3n) is 2.64. The van der Waals surface area contributed by atoms with Crippen molar-refractivity contribution < 1.29 is 4.74 Å². The van der Waals surface area contributed by atoms with Gasteiger partial charge in [0.05, 0.1) is 18.6 Å². The summed E-state index contributed by atoms with van der Waals surface area (Å²) in [5, 5.41) is 1.08. The van der Waals surface area contributed by atoms with Crippen molar-refractivity contribution in [3.63, 3.8) is 0 Å². The number of morpholine rings is 1. The summed E-state index contributed by atoms with van der Waals surface area (Å²) in [5.74, 6) is 1.00. The number of hydrogen-bond donors (Lipinski definition) is 1. The maximum absolute atomic E-state index is 5.32. The van der Waals surface area contributed by atoms with Crippen molar-refractivity contribution >= 4 is 16.9 Å². The highest BCUT2D eigenvalue weighted by atomic mass is 16.5. The maximum Gasteiger partial charge on any atom is 0.142 e. The number of nitrogens with zero attached hydrogens (tertiary/aromatic N) is 3. The number of anilines is 1. The molecule has 0 unspecified atom stereocenters. The summed E-state index contributed by atoms with van der Waals surface area (Å²) in [5.41, 5.74) is 0.895. The van der Waals surface area contributed by atoms with E-state index >= 15 is 0 Å². The molecule has 5 heteroatoms. The molecule has 5 nitrogen and oxygen atoms in total. The molecule has 0 aliphatic carbocycles. The van der Waals surface area contributed by atoms with Crippen molar-refractivity contribution in [2.75, 3.05) is 31.2 Å². The molecule has 78 valence electrons. The van der Waals surface area contributed by atoms with Crippen LogP contribution in [0.2, 0.25) is 0 Å². The molecule has 2 aromatic rings. The number of aromatic amines is 1. The van der Waals surface area contributed by atoms with Gasteiger partial charge in [0.15, 0.2) is 0 Å². The van der Waals surface area contributed by atoms with Crippen LogP contribution in [-0.2, 0) is 4.74 Å². The van der Waals surface area contributed by atoms with Crippen LogP contribution in [0.15, 0.2) is 18.6 Å². The second-order valence-electron chi connectivity index (χ2n) is 3.54. The molecule has 0 radical (unpaired) electrons. The fourth-order valence-corrected chi connectivity index (χ4v) is 1.89. The Hall–Kier alpha value is -1.62. The van der Waals surface area contributed by atoms with E-state index in [1.807, 2.05) is 12.3 Å². The zero-order valence-electron chi connectivity index (χ0n) is 8.31. The van der Waals surface area contributed by atoms with Crippen LogP contribution in [0.4, 0.5) is 5.82 Å². The zero-order chi connectivity index (χ0) is 10.1. The Labute approximate surface area is 87.1 Å². The molecular formula is C10H12N4O. The molecule has 15 heavy (non-hydrogen) atoms. The van der Waals surface area contributed by atoms with E-state index < -0.39 is 0 Å². The average molecular weight is 204 g/mol. The van der Waals surface area contributed by atoms with Gasteiger partial charge in [0, 0.05) is 19.3 Å². The van der Waals surface area contributed by atoms with Crippen LogP contribution in [0.5, 0.6) is 0 Å². The van der Waals surface area contributed by atoms with Gasteiger partial charge in [0.2, 0.25) is 0 Å². The lowest BCUT2D eigenvalue weighted by Gasteiger charge is -2.27. The number of hydrogen-bond acceptors (Lipinski definition) is 4. The van der Waals surface area contributed by atoms with Crippen molar-refractivity contribution in [3.8, 4) is 0 Å². The zero-order valence-corrected chi connectivity index (χ0v) is 8.31. The Morgan fingerprint density at radius 3 is 3.00 bits per heavy atom. The summed E-state index contributed by atoms with van der Waals surface area (Å²) in [6.45, 7) is 3.35. The number of nitrogens with one attached hydrogen (secondary N) is 1. The lowest BCUT2D eigenvalue weighted by atomic mass is 10.3. The normalized spacial score (nSPS) is 17.2. The van der Waals surface area contributed by atoms with E-state index in [9.17, 15) is 0 Å². The molecule has 3 rings (SSSR count). The van der Waals surface area contributed by atoms with Crippen molar-refractivity contribution in [3.05, 3.63) is 18.6 Å². The molecule has 1 aliphatic heterocycles. The van der Waals surface area contributed by atoms with Gasteiger partial charge in [-0.3, -0.25) is 0 Å². The second-order valence-corrected chi connectivity index (χ2v) is 3.54. The van der Waals surface area contributed by atoms with Crippen LogP contribution in [0.1, 0.15) is 0 Å². The van der Waals surface area contributed by atoms with E-state index in [-0.39, 0.29) is 0 Å². The third-order valence-corrected chi connectivity index (χ3v) is 2.64. The lowest BCUT2D eigenvalue weighted by Crippen LogP contribution is -2.36. The average Bonchev–Trinajstić information content (AvgIpc) is 2.78. The predicted octanol–water partition coefficient (Wildman–Crippen LogP) is 0.794. The fraction of sp³-hybridized carbons (Fsp3) is 0.400. The van der Waals surface area contributed by atoms with Gasteiger partial charge >= 0.3 is 0 Å². The van der Waals surface area contributed by atoms with Gasteiger partial charge in [0.25, 0.3) is 0 Å². The first-order chi connectivity index (χ1) is 7.45. The highest BCUT2D eigenvalue weighted by molar-refractivity contribution is 5.87. The number of ether oxygens (including phenoxy) is 1. The molecule has 1 fully saturated rings. The summed E-state index contributed by atoms with van der Waals surface area (Å²) in [6.07, 6.45) is 3.49. The van der Waals surface area contributed by atoms with Crippen LogP contribution in [0.3, 0.4) is 0 Å². The summed E-state index contributed by atoms with van der Waals surface area (Å²) in [6, 6.07) is 2.01. The van der Waals surface area contributed by atoms with Crippen molar-refractivity contribution in [1.82, 2.24) is 15.0 Å². The monoisotopic (exact) mass is 204 g/mol. The highest BCUT2D eigenvalue weighted by Gasteiger charge is 2.15. The molecule has 0 saturated carbocycles. The topological polar surface area (TPSA) is 54.0 Å².